The Balaban J connectivity index is 1.65. The standard InChI is InChI=1S/C19H38N4O/c1-4-19(9-5-6-10-19)16-22-18(20-2)21-15-17-7-11-23(12-8-17)13-14-24-3/h17H,4-16H2,1-3H3,(H2,20,21,22). The molecule has 0 aromatic heterocycles. The summed E-state index contributed by atoms with van der Waals surface area (Å²) in [5.41, 5.74) is 0.504. The molecule has 1 aliphatic heterocycles. The molecular weight excluding hydrogens is 300 g/mol. The average Bonchev–Trinajstić information content (AvgIpc) is 3.10. The van der Waals surface area contributed by atoms with E-state index in [-0.39, 0.29) is 0 Å². The summed E-state index contributed by atoms with van der Waals surface area (Å²) in [5, 5.41) is 7.15. The number of ether oxygens (including phenoxy) is 1. The fourth-order valence-corrected chi connectivity index (χ4v) is 4.15. The third-order valence-corrected chi connectivity index (χ3v) is 6.15. The van der Waals surface area contributed by atoms with E-state index in [1.54, 1.807) is 7.11 Å². The molecule has 2 rings (SSSR count). The molecule has 5 nitrogen and oxygen atoms in total. The number of rotatable bonds is 8. The minimum Gasteiger partial charge on any atom is -0.383 e. The van der Waals surface area contributed by atoms with Gasteiger partial charge in [-0.25, -0.2) is 0 Å². The van der Waals surface area contributed by atoms with Crippen LogP contribution in [0.4, 0.5) is 0 Å². The normalized spacial score (nSPS) is 22.7. The van der Waals surface area contributed by atoms with Crippen LogP contribution in [0.2, 0.25) is 0 Å². The Bertz CT molecular complexity index is 372. The van der Waals surface area contributed by atoms with Gasteiger partial charge in [0.1, 0.15) is 0 Å². The van der Waals surface area contributed by atoms with Crippen LogP contribution in [0.25, 0.3) is 0 Å². The van der Waals surface area contributed by atoms with Crippen molar-refractivity contribution in [2.45, 2.75) is 51.9 Å². The Kier molecular flexibility index (Phi) is 8.33. The highest BCUT2D eigenvalue weighted by atomic mass is 16.5. The van der Waals surface area contributed by atoms with Crippen LogP contribution in [-0.2, 0) is 4.74 Å². The number of nitrogens with one attached hydrogen (secondary N) is 2. The maximum atomic E-state index is 5.17. The molecule has 1 saturated carbocycles. The molecule has 1 heterocycles. The van der Waals surface area contributed by atoms with E-state index in [1.807, 2.05) is 7.05 Å². The zero-order valence-corrected chi connectivity index (χ0v) is 16.1. The fraction of sp³-hybridized carbons (Fsp3) is 0.947. The van der Waals surface area contributed by atoms with Crippen LogP contribution in [0, 0.1) is 11.3 Å². The molecule has 2 aliphatic rings. The Labute approximate surface area is 148 Å². The van der Waals surface area contributed by atoms with Crippen LogP contribution in [0.3, 0.4) is 0 Å². The number of nitrogens with zero attached hydrogens (tertiary/aromatic N) is 2. The van der Waals surface area contributed by atoms with E-state index in [1.165, 1.54) is 58.0 Å². The molecule has 0 radical (unpaired) electrons. The molecule has 0 bridgehead atoms. The lowest BCUT2D eigenvalue weighted by molar-refractivity contribution is 0.121. The van der Waals surface area contributed by atoms with Crippen molar-refractivity contribution in [3.8, 4) is 0 Å². The van der Waals surface area contributed by atoms with Gasteiger partial charge in [0.05, 0.1) is 6.61 Å². The molecule has 0 spiro atoms. The lowest BCUT2D eigenvalue weighted by Gasteiger charge is -2.32. The second-order valence-corrected chi connectivity index (χ2v) is 7.65. The van der Waals surface area contributed by atoms with E-state index in [2.05, 4.69) is 27.4 Å². The summed E-state index contributed by atoms with van der Waals surface area (Å²) in [6.45, 7) is 8.75. The predicted molar refractivity (Wildman–Crippen MR) is 102 cm³/mol. The number of guanidine groups is 1. The summed E-state index contributed by atoms with van der Waals surface area (Å²) >= 11 is 0. The zero-order valence-electron chi connectivity index (χ0n) is 16.1. The lowest BCUT2D eigenvalue weighted by atomic mass is 9.83. The van der Waals surface area contributed by atoms with Crippen LogP contribution in [-0.4, -0.2) is 64.3 Å². The molecule has 0 aromatic carbocycles. The van der Waals surface area contributed by atoms with Crippen LogP contribution in [0.1, 0.15) is 51.9 Å². The van der Waals surface area contributed by atoms with E-state index >= 15 is 0 Å². The first-order valence-electron chi connectivity index (χ1n) is 9.87. The lowest BCUT2D eigenvalue weighted by Crippen LogP contribution is -2.45. The minimum atomic E-state index is 0.504. The van der Waals surface area contributed by atoms with Crippen LogP contribution >= 0.6 is 0 Å². The number of hydrogen-bond acceptors (Lipinski definition) is 3. The Morgan fingerprint density at radius 2 is 1.92 bits per heavy atom. The molecule has 2 fully saturated rings. The van der Waals surface area contributed by atoms with Gasteiger partial charge in [-0.3, -0.25) is 4.99 Å². The quantitative estimate of drug-likeness (QED) is 0.527. The van der Waals surface area contributed by atoms with Gasteiger partial charge in [0, 0.05) is 33.8 Å². The number of likely N-dealkylation sites (tertiary alicyclic amines) is 1. The molecule has 140 valence electrons. The van der Waals surface area contributed by atoms with E-state index in [9.17, 15) is 0 Å². The molecule has 2 N–H and O–H groups in total. The molecule has 0 unspecified atom stereocenters. The Hall–Kier alpha value is -0.810. The average molecular weight is 339 g/mol. The van der Waals surface area contributed by atoms with Crippen LogP contribution in [0.5, 0.6) is 0 Å². The van der Waals surface area contributed by atoms with E-state index in [0.29, 0.717) is 5.41 Å². The number of methoxy groups -OCH3 is 1. The number of piperidine rings is 1. The Morgan fingerprint density at radius 1 is 1.21 bits per heavy atom. The highest BCUT2D eigenvalue weighted by molar-refractivity contribution is 5.79. The first kappa shape index (κ1) is 19.5. The van der Waals surface area contributed by atoms with Gasteiger partial charge in [-0.15, -0.1) is 0 Å². The molecule has 0 aromatic rings. The van der Waals surface area contributed by atoms with E-state index < -0.39 is 0 Å². The second-order valence-electron chi connectivity index (χ2n) is 7.65. The smallest absolute Gasteiger partial charge is 0.191 e. The molecule has 1 aliphatic carbocycles. The van der Waals surface area contributed by atoms with Crippen molar-refractivity contribution < 1.29 is 4.74 Å². The monoisotopic (exact) mass is 338 g/mol. The van der Waals surface area contributed by atoms with Gasteiger partial charge in [-0.05, 0) is 56.5 Å². The van der Waals surface area contributed by atoms with Gasteiger partial charge in [-0.1, -0.05) is 19.8 Å². The maximum absolute atomic E-state index is 5.17. The van der Waals surface area contributed by atoms with Crippen molar-refractivity contribution in [3.63, 3.8) is 0 Å². The summed E-state index contributed by atoms with van der Waals surface area (Å²) in [4.78, 5) is 6.93. The van der Waals surface area contributed by atoms with Gasteiger partial charge >= 0.3 is 0 Å². The molecular formula is C19H38N4O. The SMILES string of the molecule is CCC1(CNC(=NC)NCC2CCN(CCOC)CC2)CCCC1. The molecule has 0 atom stereocenters. The van der Waals surface area contributed by atoms with Gasteiger partial charge in [0.25, 0.3) is 0 Å². The summed E-state index contributed by atoms with van der Waals surface area (Å²) in [7, 11) is 3.67. The van der Waals surface area contributed by atoms with Crippen LogP contribution in [0.15, 0.2) is 4.99 Å². The summed E-state index contributed by atoms with van der Waals surface area (Å²) in [6, 6.07) is 0. The van der Waals surface area contributed by atoms with Crippen molar-refractivity contribution in [1.82, 2.24) is 15.5 Å². The van der Waals surface area contributed by atoms with Crippen molar-refractivity contribution in [3.05, 3.63) is 0 Å². The summed E-state index contributed by atoms with van der Waals surface area (Å²) in [6.07, 6.45) is 9.34. The minimum absolute atomic E-state index is 0.504. The molecule has 1 saturated heterocycles. The van der Waals surface area contributed by atoms with E-state index in [0.717, 1.165) is 38.1 Å². The third kappa shape index (κ3) is 5.92. The summed E-state index contributed by atoms with van der Waals surface area (Å²) < 4.78 is 5.17. The van der Waals surface area contributed by atoms with Crippen LogP contribution < -0.4 is 10.6 Å². The highest BCUT2D eigenvalue weighted by Gasteiger charge is 2.31. The van der Waals surface area contributed by atoms with Gasteiger partial charge < -0.3 is 20.3 Å². The fourth-order valence-electron chi connectivity index (χ4n) is 4.15. The van der Waals surface area contributed by atoms with Crippen molar-refractivity contribution >= 4 is 5.96 Å². The third-order valence-electron chi connectivity index (χ3n) is 6.15. The van der Waals surface area contributed by atoms with Gasteiger partial charge in [-0.2, -0.15) is 0 Å². The first-order valence-corrected chi connectivity index (χ1v) is 9.87. The number of hydrogen-bond donors (Lipinski definition) is 2. The summed E-state index contributed by atoms with van der Waals surface area (Å²) in [5.74, 6) is 1.74. The molecule has 0 amide bonds. The topological polar surface area (TPSA) is 48.9 Å². The first-order chi connectivity index (χ1) is 11.7. The van der Waals surface area contributed by atoms with Gasteiger partial charge in [0.15, 0.2) is 5.96 Å². The Morgan fingerprint density at radius 3 is 2.50 bits per heavy atom. The van der Waals surface area contributed by atoms with Crippen molar-refractivity contribution in [2.75, 3.05) is 53.5 Å². The highest BCUT2D eigenvalue weighted by Crippen LogP contribution is 2.40. The molecule has 5 heteroatoms. The largest absolute Gasteiger partial charge is 0.383 e. The second kappa shape index (κ2) is 10.2. The zero-order chi connectivity index (χ0) is 17.3. The number of aliphatic imine (C=N–C) groups is 1. The van der Waals surface area contributed by atoms with E-state index in [4.69, 9.17) is 4.74 Å². The van der Waals surface area contributed by atoms with Crippen molar-refractivity contribution in [1.29, 1.82) is 0 Å². The molecule has 24 heavy (non-hydrogen) atoms. The van der Waals surface area contributed by atoms with Crippen molar-refractivity contribution in [2.24, 2.45) is 16.3 Å². The van der Waals surface area contributed by atoms with Gasteiger partial charge in [0.2, 0.25) is 0 Å². The maximum Gasteiger partial charge on any atom is 0.191 e. The predicted octanol–water partition coefficient (Wildman–Crippen LogP) is 2.48.